The van der Waals surface area contributed by atoms with E-state index < -0.39 is 0 Å². The van der Waals surface area contributed by atoms with E-state index in [0.717, 1.165) is 24.3 Å². The van der Waals surface area contributed by atoms with Crippen molar-refractivity contribution in [3.63, 3.8) is 0 Å². The van der Waals surface area contributed by atoms with Gasteiger partial charge in [0.1, 0.15) is 24.1 Å². The molecule has 0 aromatic carbocycles. The summed E-state index contributed by atoms with van der Waals surface area (Å²) >= 11 is 0. The van der Waals surface area contributed by atoms with Crippen LogP contribution in [0.2, 0.25) is 0 Å². The smallest absolute Gasteiger partial charge is 0.254 e. The summed E-state index contributed by atoms with van der Waals surface area (Å²) in [5, 5.41) is 8.12. The Kier molecular flexibility index (Phi) is 3.56. The molecular weight excluding hydrogens is 308 g/mol. The fraction of sp³-hybridized carbons (Fsp3) is 0.312. The van der Waals surface area contributed by atoms with E-state index in [9.17, 15) is 4.79 Å². The Hall–Kier alpha value is -3.03. The number of pyridine rings is 1. The highest BCUT2D eigenvalue weighted by Gasteiger charge is 2.32. The van der Waals surface area contributed by atoms with Crippen molar-refractivity contribution in [3.8, 4) is 5.82 Å². The predicted octanol–water partition coefficient (Wildman–Crippen LogP) is 1.94. The highest BCUT2D eigenvalue weighted by atomic mass is 16.5. The van der Waals surface area contributed by atoms with E-state index in [0.29, 0.717) is 17.9 Å². The van der Waals surface area contributed by atoms with Gasteiger partial charge in [-0.15, -0.1) is 0 Å². The number of likely N-dealkylation sites (tertiary alicyclic amines) is 1. The van der Waals surface area contributed by atoms with E-state index in [4.69, 9.17) is 4.52 Å². The Bertz CT molecular complexity index is 857. The van der Waals surface area contributed by atoms with Crippen molar-refractivity contribution >= 4 is 5.91 Å². The first-order valence-corrected chi connectivity index (χ1v) is 7.77. The molecule has 1 aliphatic heterocycles. The summed E-state index contributed by atoms with van der Waals surface area (Å²) in [7, 11) is 0. The topological polar surface area (TPSA) is 89.9 Å². The lowest BCUT2D eigenvalue weighted by Gasteiger charge is -2.23. The van der Waals surface area contributed by atoms with Crippen molar-refractivity contribution in [1.82, 2.24) is 29.8 Å². The van der Waals surface area contributed by atoms with Crippen LogP contribution in [0.3, 0.4) is 0 Å². The minimum atomic E-state index is -0.0436. The molecule has 3 aromatic heterocycles. The Labute approximate surface area is 138 Å². The van der Waals surface area contributed by atoms with Gasteiger partial charge >= 0.3 is 0 Å². The summed E-state index contributed by atoms with van der Waals surface area (Å²) in [6.45, 7) is 2.56. The largest absolute Gasteiger partial charge is 0.361 e. The van der Waals surface area contributed by atoms with Crippen LogP contribution in [0.5, 0.6) is 0 Å². The Balaban J connectivity index is 1.62. The lowest BCUT2D eigenvalue weighted by molar-refractivity contribution is 0.0730. The zero-order valence-electron chi connectivity index (χ0n) is 13.2. The maximum atomic E-state index is 13.0. The van der Waals surface area contributed by atoms with Crippen LogP contribution in [-0.4, -0.2) is 42.3 Å². The van der Waals surface area contributed by atoms with Crippen molar-refractivity contribution in [2.45, 2.75) is 25.8 Å². The number of nitrogens with zero attached hydrogens (tertiary/aromatic N) is 6. The molecule has 1 fully saturated rings. The molecule has 0 bridgehead atoms. The van der Waals surface area contributed by atoms with E-state index in [1.165, 1.54) is 11.0 Å². The Morgan fingerprint density at radius 1 is 1.38 bits per heavy atom. The molecule has 0 radical (unpaired) electrons. The molecule has 0 saturated carbocycles. The van der Waals surface area contributed by atoms with Crippen LogP contribution in [0, 0.1) is 6.92 Å². The Morgan fingerprint density at radius 2 is 2.29 bits per heavy atom. The van der Waals surface area contributed by atoms with Gasteiger partial charge in [-0.2, -0.15) is 5.10 Å². The van der Waals surface area contributed by atoms with Gasteiger partial charge in [0.25, 0.3) is 5.91 Å². The fourth-order valence-electron chi connectivity index (χ4n) is 3.03. The molecule has 4 rings (SSSR count). The molecule has 1 atom stereocenters. The normalized spacial score (nSPS) is 17.4. The number of hydrogen-bond donors (Lipinski definition) is 0. The zero-order valence-corrected chi connectivity index (χ0v) is 13.2. The minimum absolute atomic E-state index is 0.0399. The van der Waals surface area contributed by atoms with Crippen LogP contribution in [0.15, 0.2) is 41.6 Å². The van der Waals surface area contributed by atoms with Gasteiger partial charge in [0.05, 0.1) is 6.04 Å². The van der Waals surface area contributed by atoms with Crippen molar-refractivity contribution in [3.05, 3.63) is 54.1 Å². The number of carbonyl (C=O) groups excluding carboxylic acids is 1. The molecule has 4 heterocycles. The van der Waals surface area contributed by atoms with Crippen molar-refractivity contribution < 1.29 is 9.32 Å². The maximum Gasteiger partial charge on any atom is 0.254 e. The van der Waals surface area contributed by atoms with Gasteiger partial charge in [-0.05, 0) is 31.9 Å². The monoisotopic (exact) mass is 324 g/mol. The molecule has 0 aliphatic carbocycles. The highest BCUT2D eigenvalue weighted by Crippen LogP contribution is 2.32. The van der Waals surface area contributed by atoms with Crippen molar-refractivity contribution in [2.24, 2.45) is 0 Å². The second kappa shape index (κ2) is 5.88. The first-order valence-electron chi connectivity index (χ1n) is 7.77. The molecule has 122 valence electrons. The van der Waals surface area contributed by atoms with Crippen LogP contribution >= 0.6 is 0 Å². The summed E-state index contributed by atoms with van der Waals surface area (Å²) in [5.74, 6) is 1.27. The predicted molar refractivity (Wildman–Crippen MR) is 83.4 cm³/mol. The SMILES string of the molecule is Cc1cc(C2CCCN2C(=O)c2ccnc(-n3cncn3)c2)no1. The van der Waals surface area contributed by atoms with E-state index in [2.05, 4.69) is 20.2 Å². The minimum Gasteiger partial charge on any atom is -0.361 e. The fourth-order valence-corrected chi connectivity index (χ4v) is 3.03. The maximum absolute atomic E-state index is 13.0. The van der Waals surface area contributed by atoms with Gasteiger partial charge in [0, 0.05) is 24.4 Å². The van der Waals surface area contributed by atoms with Crippen LogP contribution in [0.25, 0.3) is 5.82 Å². The molecule has 8 nitrogen and oxygen atoms in total. The van der Waals surface area contributed by atoms with E-state index >= 15 is 0 Å². The van der Waals surface area contributed by atoms with Gasteiger partial charge < -0.3 is 9.42 Å². The number of carbonyl (C=O) groups is 1. The van der Waals surface area contributed by atoms with Crippen molar-refractivity contribution in [1.29, 1.82) is 0 Å². The van der Waals surface area contributed by atoms with Crippen LogP contribution in [0.1, 0.15) is 40.7 Å². The standard InChI is InChI=1S/C16H16N6O2/c1-11-7-13(20-24-11)14-3-2-6-21(14)16(23)12-4-5-18-15(8-12)22-10-17-9-19-22/h4-5,7-10,14H,2-3,6H2,1H3. The van der Waals surface area contributed by atoms with E-state index in [1.807, 2.05) is 17.9 Å². The average molecular weight is 324 g/mol. The van der Waals surface area contributed by atoms with Crippen LogP contribution < -0.4 is 0 Å². The molecule has 1 amide bonds. The molecule has 3 aromatic rings. The number of aromatic nitrogens is 5. The summed E-state index contributed by atoms with van der Waals surface area (Å²) in [6, 6.07) is 5.29. The first kappa shape index (κ1) is 14.6. The third kappa shape index (κ3) is 2.55. The van der Waals surface area contributed by atoms with Gasteiger partial charge in [-0.3, -0.25) is 4.79 Å². The summed E-state index contributed by atoms with van der Waals surface area (Å²) in [5.41, 5.74) is 1.38. The number of hydrogen-bond acceptors (Lipinski definition) is 6. The van der Waals surface area contributed by atoms with Gasteiger partial charge in [-0.25, -0.2) is 14.6 Å². The van der Waals surface area contributed by atoms with E-state index in [-0.39, 0.29) is 11.9 Å². The molecule has 1 saturated heterocycles. The lowest BCUT2D eigenvalue weighted by atomic mass is 10.1. The van der Waals surface area contributed by atoms with Gasteiger partial charge in [-0.1, -0.05) is 5.16 Å². The number of aryl methyl sites for hydroxylation is 1. The highest BCUT2D eigenvalue weighted by molar-refractivity contribution is 5.95. The summed E-state index contributed by atoms with van der Waals surface area (Å²) < 4.78 is 6.69. The summed E-state index contributed by atoms with van der Waals surface area (Å²) in [4.78, 5) is 22.9. The number of rotatable bonds is 3. The lowest BCUT2D eigenvalue weighted by Crippen LogP contribution is -2.30. The molecule has 1 unspecified atom stereocenters. The second-order valence-electron chi connectivity index (χ2n) is 5.76. The third-order valence-corrected chi connectivity index (χ3v) is 4.15. The van der Waals surface area contributed by atoms with Crippen LogP contribution in [-0.2, 0) is 0 Å². The second-order valence-corrected chi connectivity index (χ2v) is 5.76. The quantitative estimate of drug-likeness (QED) is 0.731. The first-order chi connectivity index (χ1) is 11.7. The van der Waals surface area contributed by atoms with Gasteiger partial charge in [0.15, 0.2) is 5.82 Å². The van der Waals surface area contributed by atoms with E-state index in [1.54, 1.807) is 24.7 Å². The molecule has 0 spiro atoms. The molecule has 24 heavy (non-hydrogen) atoms. The third-order valence-electron chi connectivity index (χ3n) is 4.15. The summed E-state index contributed by atoms with van der Waals surface area (Å²) in [6.07, 6.45) is 6.42. The van der Waals surface area contributed by atoms with Crippen LogP contribution in [0.4, 0.5) is 0 Å². The molecule has 0 N–H and O–H groups in total. The average Bonchev–Trinajstić information content (AvgIpc) is 3.35. The molecular formula is C16H16N6O2. The van der Waals surface area contributed by atoms with Gasteiger partial charge in [0.2, 0.25) is 0 Å². The molecule has 8 heteroatoms. The number of amides is 1. The Morgan fingerprint density at radius 3 is 3.04 bits per heavy atom. The molecule has 1 aliphatic rings. The van der Waals surface area contributed by atoms with Crippen molar-refractivity contribution in [2.75, 3.05) is 6.54 Å². The zero-order chi connectivity index (χ0) is 16.5.